The number of fused-ring (bicyclic) bond motifs is 1. The molecule has 2 aromatic heterocycles. The van der Waals surface area contributed by atoms with Crippen molar-refractivity contribution in [2.24, 2.45) is 0 Å². The van der Waals surface area contributed by atoms with E-state index in [1.807, 2.05) is 4.90 Å². The Morgan fingerprint density at radius 3 is 2.60 bits per heavy atom. The number of benzene rings is 1. The molecule has 1 fully saturated rings. The van der Waals surface area contributed by atoms with Gasteiger partial charge in [-0.05, 0) is 18.2 Å². The normalized spacial score (nSPS) is 14.9. The van der Waals surface area contributed by atoms with Crippen LogP contribution in [0.25, 0.3) is 10.9 Å². The Labute approximate surface area is 142 Å². The molecule has 0 spiro atoms. The lowest BCUT2D eigenvalue weighted by Gasteiger charge is -2.35. The standard InChI is InChI=1S/C18H17FN4O2/c19-12-1-2-16-14(9-12)15(11-21-16)18(25)23-7-5-22(6-8-23)17-10-13(24)3-4-20-17/h1-4,9-11,21H,5-8H2,(H,20,24). The fraction of sp³-hybridized carbons (Fsp3) is 0.222. The number of rotatable bonds is 2. The molecule has 0 saturated carbocycles. The summed E-state index contributed by atoms with van der Waals surface area (Å²) in [6.45, 7) is 2.33. The number of H-pyrrole nitrogens is 2. The quantitative estimate of drug-likeness (QED) is 0.749. The molecule has 128 valence electrons. The molecule has 0 unspecified atom stereocenters. The van der Waals surface area contributed by atoms with E-state index >= 15 is 0 Å². The summed E-state index contributed by atoms with van der Waals surface area (Å²) in [6, 6.07) is 7.40. The lowest BCUT2D eigenvalue weighted by Crippen LogP contribution is -2.49. The van der Waals surface area contributed by atoms with Gasteiger partial charge >= 0.3 is 0 Å². The van der Waals surface area contributed by atoms with Crippen LogP contribution >= 0.6 is 0 Å². The summed E-state index contributed by atoms with van der Waals surface area (Å²) < 4.78 is 13.5. The molecular formula is C18H17FN4O2. The van der Waals surface area contributed by atoms with Gasteiger partial charge < -0.3 is 19.8 Å². The number of nitrogens with zero attached hydrogens (tertiary/aromatic N) is 2. The van der Waals surface area contributed by atoms with E-state index in [9.17, 15) is 14.0 Å². The number of aromatic amines is 2. The van der Waals surface area contributed by atoms with Crippen molar-refractivity contribution in [3.8, 4) is 0 Å². The molecule has 2 N–H and O–H groups in total. The number of carbonyl (C=O) groups excluding carboxylic acids is 1. The molecule has 0 aliphatic carbocycles. The minimum absolute atomic E-state index is 0.0481. The average Bonchev–Trinajstić information content (AvgIpc) is 3.04. The molecule has 0 radical (unpaired) electrons. The van der Waals surface area contributed by atoms with Crippen LogP contribution in [0.4, 0.5) is 10.2 Å². The highest BCUT2D eigenvalue weighted by atomic mass is 19.1. The maximum Gasteiger partial charge on any atom is 0.256 e. The van der Waals surface area contributed by atoms with Crippen LogP contribution in [0, 0.1) is 5.82 Å². The molecule has 3 heterocycles. The Bertz CT molecular complexity index is 986. The van der Waals surface area contributed by atoms with Gasteiger partial charge in [-0.2, -0.15) is 0 Å². The van der Waals surface area contributed by atoms with Gasteiger partial charge in [0.05, 0.1) is 5.56 Å². The van der Waals surface area contributed by atoms with Gasteiger partial charge in [0, 0.05) is 61.6 Å². The van der Waals surface area contributed by atoms with E-state index in [2.05, 4.69) is 9.97 Å². The third-order valence-corrected chi connectivity index (χ3v) is 4.54. The first kappa shape index (κ1) is 15.4. The van der Waals surface area contributed by atoms with E-state index in [1.165, 1.54) is 18.2 Å². The summed E-state index contributed by atoms with van der Waals surface area (Å²) in [5.41, 5.74) is 1.18. The number of piperazine rings is 1. The maximum absolute atomic E-state index is 13.5. The summed E-state index contributed by atoms with van der Waals surface area (Å²) in [5, 5.41) is 0.597. The number of amides is 1. The van der Waals surface area contributed by atoms with Crippen LogP contribution < -0.4 is 10.3 Å². The Morgan fingerprint density at radius 2 is 1.84 bits per heavy atom. The average molecular weight is 340 g/mol. The minimum Gasteiger partial charge on any atom is -0.360 e. The monoisotopic (exact) mass is 340 g/mol. The second-order valence-corrected chi connectivity index (χ2v) is 6.08. The largest absolute Gasteiger partial charge is 0.360 e. The van der Waals surface area contributed by atoms with Gasteiger partial charge in [-0.15, -0.1) is 0 Å². The fourth-order valence-corrected chi connectivity index (χ4v) is 3.21. The third kappa shape index (κ3) is 2.88. The SMILES string of the molecule is O=C(c1c[nH]c2ccc(F)cc12)N1CCN(c2cc(=O)cc[nH]2)CC1. The van der Waals surface area contributed by atoms with E-state index in [4.69, 9.17) is 0 Å². The van der Waals surface area contributed by atoms with Crippen molar-refractivity contribution in [1.82, 2.24) is 14.9 Å². The Kier molecular flexibility index (Phi) is 3.76. The van der Waals surface area contributed by atoms with Gasteiger partial charge in [0.2, 0.25) is 0 Å². The highest BCUT2D eigenvalue weighted by Crippen LogP contribution is 2.22. The molecular weight excluding hydrogens is 323 g/mol. The highest BCUT2D eigenvalue weighted by Gasteiger charge is 2.24. The maximum atomic E-state index is 13.5. The number of halogens is 1. The first-order valence-electron chi connectivity index (χ1n) is 8.11. The predicted molar refractivity (Wildman–Crippen MR) is 93.4 cm³/mol. The van der Waals surface area contributed by atoms with Crippen LogP contribution in [0.5, 0.6) is 0 Å². The number of hydrogen-bond acceptors (Lipinski definition) is 3. The second-order valence-electron chi connectivity index (χ2n) is 6.08. The molecule has 4 rings (SSSR count). The second kappa shape index (κ2) is 6.08. The highest BCUT2D eigenvalue weighted by molar-refractivity contribution is 6.06. The van der Waals surface area contributed by atoms with Crippen molar-refractivity contribution in [2.45, 2.75) is 0 Å². The number of hydrogen-bond donors (Lipinski definition) is 2. The lowest BCUT2D eigenvalue weighted by atomic mass is 10.1. The third-order valence-electron chi connectivity index (χ3n) is 4.54. The molecule has 1 aliphatic heterocycles. The first-order chi connectivity index (χ1) is 12.1. The van der Waals surface area contributed by atoms with Crippen LogP contribution in [0.15, 0.2) is 47.5 Å². The summed E-state index contributed by atoms with van der Waals surface area (Å²) in [5.74, 6) is 0.283. The van der Waals surface area contributed by atoms with Crippen molar-refractivity contribution in [1.29, 1.82) is 0 Å². The van der Waals surface area contributed by atoms with Crippen molar-refractivity contribution < 1.29 is 9.18 Å². The molecule has 6 nitrogen and oxygen atoms in total. The zero-order chi connectivity index (χ0) is 17.4. The van der Waals surface area contributed by atoms with Gasteiger partial charge in [0.1, 0.15) is 11.6 Å². The van der Waals surface area contributed by atoms with Crippen LogP contribution in [-0.4, -0.2) is 47.0 Å². The number of aromatic nitrogens is 2. The lowest BCUT2D eigenvalue weighted by molar-refractivity contribution is 0.0748. The minimum atomic E-state index is -0.362. The number of carbonyl (C=O) groups is 1. The zero-order valence-corrected chi connectivity index (χ0v) is 13.5. The molecule has 0 bridgehead atoms. The number of pyridine rings is 1. The Hall–Kier alpha value is -3.09. The van der Waals surface area contributed by atoms with Gasteiger partial charge in [-0.1, -0.05) is 0 Å². The Morgan fingerprint density at radius 1 is 1.04 bits per heavy atom. The summed E-state index contributed by atoms with van der Waals surface area (Å²) in [6.07, 6.45) is 3.25. The first-order valence-corrected chi connectivity index (χ1v) is 8.11. The van der Waals surface area contributed by atoms with Crippen molar-refractivity contribution in [3.05, 3.63) is 64.3 Å². The van der Waals surface area contributed by atoms with Gasteiger partial charge in [0.25, 0.3) is 5.91 Å². The van der Waals surface area contributed by atoms with Crippen molar-refractivity contribution in [2.75, 3.05) is 31.1 Å². The van der Waals surface area contributed by atoms with Crippen molar-refractivity contribution in [3.63, 3.8) is 0 Å². The smallest absolute Gasteiger partial charge is 0.256 e. The molecule has 7 heteroatoms. The number of nitrogens with one attached hydrogen (secondary N) is 2. The van der Waals surface area contributed by atoms with Gasteiger partial charge in [-0.25, -0.2) is 4.39 Å². The van der Waals surface area contributed by atoms with Gasteiger partial charge in [-0.3, -0.25) is 9.59 Å². The van der Waals surface area contributed by atoms with E-state index in [1.54, 1.807) is 29.4 Å². The zero-order valence-electron chi connectivity index (χ0n) is 13.5. The van der Waals surface area contributed by atoms with Crippen LogP contribution in [0.1, 0.15) is 10.4 Å². The molecule has 1 saturated heterocycles. The Balaban J connectivity index is 1.51. The van der Waals surface area contributed by atoms with Crippen LogP contribution in [0.3, 0.4) is 0 Å². The van der Waals surface area contributed by atoms with E-state index in [-0.39, 0.29) is 17.2 Å². The summed E-state index contributed by atoms with van der Waals surface area (Å²) in [7, 11) is 0. The van der Waals surface area contributed by atoms with Crippen LogP contribution in [0.2, 0.25) is 0 Å². The molecule has 1 aliphatic rings. The van der Waals surface area contributed by atoms with Crippen LogP contribution in [-0.2, 0) is 0 Å². The van der Waals surface area contributed by atoms with E-state index in [0.29, 0.717) is 37.1 Å². The molecule has 3 aromatic rings. The molecule has 1 aromatic carbocycles. The van der Waals surface area contributed by atoms with E-state index in [0.717, 1.165) is 11.3 Å². The molecule has 25 heavy (non-hydrogen) atoms. The summed E-state index contributed by atoms with van der Waals surface area (Å²) in [4.78, 5) is 34.1. The summed E-state index contributed by atoms with van der Waals surface area (Å²) >= 11 is 0. The topological polar surface area (TPSA) is 72.2 Å². The fourth-order valence-electron chi connectivity index (χ4n) is 3.21. The molecule has 0 atom stereocenters. The van der Waals surface area contributed by atoms with Crippen molar-refractivity contribution >= 4 is 22.6 Å². The molecule has 1 amide bonds. The number of anilines is 1. The van der Waals surface area contributed by atoms with Gasteiger partial charge in [0.15, 0.2) is 5.43 Å². The predicted octanol–water partition coefficient (Wildman–Crippen LogP) is 1.96. The van der Waals surface area contributed by atoms with E-state index < -0.39 is 0 Å².